The summed E-state index contributed by atoms with van der Waals surface area (Å²) in [4.78, 5) is 26.0. The van der Waals surface area contributed by atoms with Gasteiger partial charge in [0.05, 0.1) is 11.4 Å². The summed E-state index contributed by atoms with van der Waals surface area (Å²) in [5.41, 5.74) is 1.80. The molecule has 7 nitrogen and oxygen atoms in total. The molecular weight excluding hydrogens is 352 g/mol. The molecule has 0 aliphatic carbocycles. The first kappa shape index (κ1) is 17.1. The SMILES string of the molecule is CN1CCC(N(C)c2ncc3c(n2)Nc2ccc(Cl)cc2NC3=O)CC1. The molecule has 0 bridgehead atoms. The summed E-state index contributed by atoms with van der Waals surface area (Å²) >= 11 is 6.03. The Morgan fingerprint density at radius 2 is 2.00 bits per heavy atom. The number of carbonyl (C=O) groups excluding carboxylic acids is 1. The van der Waals surface area contributed by atoms with E-state index in [4.69, 9.17) is 11.6 Å². The van der Waals surface area contributed by atoms with Gasteiger partial charge >= 0.3 is 0 Å². The number of rotatable bonds is 2. The van der Waals surface area contributed by atoms with Crippen LogP contribution in [-0.2, 0) is 0 Å². The minimum Gasteiger partial charge on any atom is -0.341 e. The Morgan fingerprint density at radius 3 is 2.77 bits per heavy atom. The molecule has 2 aliphatic heterocycles. The molecule has 0 spiro atoms. The largest absolute Gasteiger partial charge is 0.341 e. The van der Waals surface area contributed by atoms with Gasteiger partial charge in [0, 0.05) is 24.3 Å². The lowest BCUT2D eigenvalue weighted by Crippen LogP contribution is -2.42. The zero-order chi connectivity index (χ0) is 18.3. The highest BCUT2D eigenvalue weighted by Gasteiger charge is 2.25. The number of amides is 1. The van der Waals surface area contributed by atoms with Gasteiger partial charge in [0.1, 0.15) is 11.4 Å². The Hall–Kier alpha value is -2.38. The van der Waals surface area contributed by atoms with Crippen LogP contribution < -0.4 is 15.5 Å². The summed E-state index contributed by atoms with van der Waals surface area (Å²) in [7, 11) is 4.16. The Morgan fingerprint density at radius 1 is 1.23 bits per heavy atom. The number of likely N-dealkylation sites (tertiary alicyclic amines) is 1. The molecule has 0 atom stereocenters. The van der Waals surface area contributed by atoms with E-state index < -0.39 is 0 Å². The molecule has 2 aliphatic rings. The number of nitrogens with zero attached hydrogens (tertiary/aromatic N) is 4. The van der Waals surface area contributed by atoms with E-state index in [2.05, 4.69) is 37.4 Å². The number of benzene rings is 1. The average molecular weight is 373 g/mol. The van der Waals surface area contributed by atoms with Crippen LogP contribution in [0.25, 0.3) is 0 Å². The van der Waals surface area contributed by atoms with Crippen LogP contribution in [0.2, 0.25) is 5.02 Å². The van der Waals surface area contributed by atoms with Gasteiger partial charge in [-0.15, -0.1) is 0 Å². The molecular formula is C18H21ClN6O. The van der Waals surface area contributed by atoms with Gasteiger partial charge in [-0.2, -0.15) is 4.98 Å². The Labute approximate surface area is 157 Å². The van der Waals surface area contributed by atoms with E-state index in [1.165, 1.54) is 0 Å². The Balaban J connectivity index is 1.64. The highest BCUT2D eigenvalue weighted by Crippen LogP contribution is 2.33. The molecule has 1 fully saturated rings. The molecule has 3 heterocycles. The zero-order valence-electron chi connectivity index (χ0n) is 14.8. The molecule has 8 heteroatoms. The standard InChI is InChI=1S/C18H21ClN6O/c1-24-7-5-12(6-8-24)25(2)18-20-10-13-16(23-18)21-14-4-3-11(19)9-15(14)22-17(13)26/h3-4,9-10,12H,5-8H2,1-2H3,(H,22,26)(H,20,21,23). The minimum atomic E-state index is -0.248. The number of hydrogen-bond acceptors (Lipinski definition) is 6. The van der Waals surface area contributed by atoms with Crippen molar-refractivity contribution in [1.29, 1.82) is 0 Å². The van der Waals surface area contributed by atoms with E-state index in [1.807, 2.05) is 13.1 Å². The van der Waals surface area contributed by atoms with Crippen molar-refractivity contribution in [3.8, 4) is 0 Å². The number of anilines is 4. The van der Waals surface area contributed by atoms with E-state index in [0.717, 1.165) is 31.6 Å². The first-order chi connectivity index (χ1) is 12.5. The summed E-state index contributed by atoms with van der Waals surface area (Å²) in [6.07, 6.45) is 3.73. The van der Waals surface area contributed by atoms with E-state index in [1.54, 1.807) is 18.3 Å². The van der Waals surface area contributed by atoms with Gasteiger partial charge in [-0.05, 0) is 51.2 Å². The molecule has 1 saturated heterocycles. The van der Waals surface area contributed by atoms with Crippen molar-refractivity contribution in [2.45, 2.75) is 18.9 Å². The highest BCUT2D eigenvalue weighted by molar-refractivity contribution is 6.31. The second kappa shape index (κ2) is 6.74. The van der Waals surface area contributed by atoms with Gasteiger partial charge in [0.25, 0.3) is 5.91 Å². The molecule has 1 aromatic carbocycles. The Kier molecular flexibility index (Phi) is 4.42. The van der Waals surface area contributed by atoms with Crippen LogP contribution >= 0.6 is 11.6 Å². The smallest absolute Gasteiger partial charge is 0.261 e. The lowest BCUT2D eigenvalue weighted by atomic mass is 10.0. The predicted octanol–water partition coefficient (Wildman–Crippen LogP) is 2.97. The number of aromatic nitrogens is 2. The van der Waals surface area contributed by atoms with Crippen LogP contribution in [0.5, 0.6) is 0 Å². The second-order valence-corrected chi connectivity index (χ2v) is 7.28. The van der Waals surface area contributed by atoms with Gasteiger partial charge in [0.2, 0.25) is 5.95 Å². The fourth-order valence-corrected chi connectivity index (χ4v) is 3.57. The quantitative estimate of drug-likeness (QED) is 0.844. The first-order valence-electron chi connectivity index (χ1n) is 8.67. The van der Waals surface area contributed by atoms with Crippen LogP contribution in [0.3, 0.4) is 0 Å². The van der Waals surface area contributed by atoms with Gasteiger partial charge in [-0.25, -0.2) is 4.98 Å². The lowest BCUT2D eigenvalue weighted by molar-refractivity contribution is 0.102. The number of nitrogens with one attached hydrogen (secondary N) is 2. The molecule has 0 radical (unpaired) electrons. The van der Waals surface area contributed by atoms with Gasteiger partial charge < -0.3 is 20.4 Å². The first-order valence-corrected chi connectivity index (χ1v) is 9.05. The van der Waals surface area contributed by atoms with Crippen LogP contribution in [0.4, 0.5) is 23.1 Å². The van der Waals surface area contributed by atoms with Crippen LogP contribution in [0.15, 0.2) is 24.4 Å². The monoisotopic (exact) mass is 372 g/mol. The number of fused-ring (bicyclic) bond motifs is 2. The minimum absolute atomic E-state index is 0.248. The van der Waals surface area contributed by atoms with Gasteiger partial charge in [-0.3, -0.25) is 4.79 Å². The zero-order valence-corrected chi connectivity index (χ0v) is 15.5. The van der Waals surface area contributed by atoms with Crippen molar-refractivity contribution in [2.75, 3.05) is 42.7 Å². The number of piperidine rings is 1. The van der Waals surface area contributed by atoms with Crippen molar-refractivity contribution in [3.05, 3.63) is 35.0 Å². The molecule has 1 aromatic heterocycles. The Bertz CT molecular complexity index is 850. The van der Waals surface area contributed by atoms with Crippen LogP contribution in [-0.4, -0.2) is 54.0 Å². The molecule has 0 saturated carbocycles. The van der Waals surface area contributed by atoms with Crippen molar-refractivity contribution >= 4 is 40.6 Å². The van der Waals surface area contributed by atoms with E-state index in [-0.39, 0.29) is 5.91 Å². The predicted molar refractivity (Wildman–Crippen MR) is 104 cm³/mol. The van der Waals surface area contributed by atoms with Gasteiger partial charge in [-0.1, -0.05) is 11.6 Å². The summed E-state index contributed by atoms with van der Waals surface area (Å²) in [5.74, 6) is 0.881. The number of carbonyl (C=O) groups is 1. The summed E-state index contributed by atoms with van der Waals surface area (Å²) < 4.78 is 0. The second-order valence-electron chi connectivity index (χ2n) is 6.85. The number of halogens is 1. The normalized spacial score (nSPS) is 17.6. The molecule has 2 N–H and O–H groups in total. The van der Waals surface area contributed by atoms with Gasteiger partial charge in [0.15, 0.2) is 0 Å². The van der Waals surface area contributed by atoms with Crippen molar-refractivity contribution in [2.24, 2.45) is 0 Å². The molecule has 136 valence electrons. The van der Waals surface area contributed by atoms with Crippen molar-refractivity contribution in [3.63, 3.8) is 0 Å². The van der Waals surface area contributed by atoms with Crippen molar-refractivity contribution in [1.82, 2.24) is 14.9 Å². The summed E-state index contributed by atoms with van der Waals surface area (Å²) in [6.45, 7) is 2.13. The molecule has 4 rings (SSSR count). The van der Waals surface area contributed by atoms with E-state index in [9.17, 15) is 4.79 Å². The third kappa shape index (κ3) is 3.20. The maximum Gasteiger partial charge on any atom is 0.261 e. The maximum absolute atomic E-state index is 12.5. The highest BCUT2D eigenvalue weighted by atomic mass is 35.5. The van der Waals surface area contributed by atoms with Crippen LogP contribution in [0.1, 0.15) is 23.2 Å². The number of hydrogen-bond donors (Lipinski definition) is 2. The maximum atomic E-state index is 12.5. The van der Waals surface area contributed by atoms with E-state index >= 15 is 0 Å². The van der Waals surface area contributed by atoms with E-state index in [0.29, 0.717) is 34.1 Å². The fraction of sp³-hybridized carbons (Fsp3) is 0.389. The summed E-state index contributed by atoms with van der Waals surface area (Å²) in [5, 5.41) is 6.65. The molecule has 1 amide bonds. The molecule has 2 aromatic rings. The topological polar surface area (TPSA) is 73.4 Å². The average Bonchev–Trinajstić information content (AvgIpc) is 2.77. The molecule has 26 heavy (non-hydrogen) atoms. The third-order valence-electron chi connectivity index (χ3n) is 5.05. The van der Waals surface area contributed by atoms with Crippen LogP contribution in [0, 0.1) is 0 Å². The third-order valence-corrected chi connectivity index (χ3v) is 5.29. The van der Waals surface area contributed by atoms with Crippen molar-refractivity contribution < 1.29 is 4.79 Å². The summed E-state index contributed by atoms with van der Waals surface area (Å²) in [6, 6.07) is 5.72. The fourth-order valence-electron chi connectivity index (χ4n) is 3.40. The lowest BCUT2D eigenvalue weighted by Gasteiger charge is -2.35. The molecule has 0 unspecified atom stereocenters.